The van der Waals surface area contributed by atoms with Gasteiger partial charge in [-0.3, -0.25) is 9.59 Å². The number of nitrogens with one attached hydrogen (secondary N) is 2. The summed E-state index contributed by atoms with van der Waals surface area (Å²) in [5.74, 6) is 0.461. The summed E-state index contributed by atoms with van der Waals surface area (Å²) >= 11 is 0. The average Bonchev–Trinajstić information content (AvgIpc) is 2.75. The van der Waals surface area contributed by atoms with Crippen molar-refractivity contribution in [3.05, 3.63) is 53.6 Å². The lowest BCUT2D eigenvalue weighted by molar-refractivity contribution is -0.127. The number of amides is 2. The molecule has 0 fully saturated rings. The van der Waals surface area contributed by atoms with Gasteiger partial charge in [-0.2, -0.15) is 0 Å². The average molecular weight is 396 g/mol. The van der Waals surface area contributed by atoms with Crippen molar-refractivity contribution >= 4 is 11.8 Å². The van der Waals surface area contributed by atoms with Crippen LogP contribution >= 0.6 is 0 Å². The molecule has 0 unspecified atom stereocenters. The summed E-state index contributed by atoms with van der Waals surface area (Å²) in [6.45, 7) is 4.86. The van der Waals surface area contributed by atoms with Crippen molar-refractivity contribution in [1.29, 1.82) is 0 Å². The number of aryl methyl sites for hydroxylation is 1. The molecule has 2 aromatic carbocycles. The summed E-state index contributed by atoms with van der Waals surface area (Å²) in [4.78, 5) is 23.8. The van der Waals surface area contributed by atoms with E-state index in [2.05, 4.69) is 34.9 Å². The van der Waals surface area contributed by atoms with Crippen LogP contribution in [0.3, 0.4) is 0 Å². The molecular formula is C23H29N3O3. The molecule has 3 rings (SSSR count). The third-order valence-electron chi connectivity index (χ3n) is 5.13. The minimum Gasteiger partial charge on any atom is -0.493 e. The van der Waals surface area contributed by atoms with Crippen LogP contribution in [0, 0.1) is 5.92 Å². The van der Waals surface area contributed by atoms with Crippen LogP contribution in [0.4, 0.5) is 0 Å². The highest BCUT2D eigenvalue weighted by atomic mass is 16.5. The van der Waals surface area contributed by atoms with Crippen LogP contribution in [-0.2, 0) is 22.6 Å². The maximum Gasteiger partial charge on any atom is 0.239 e. The van der Waals surface area contributed by atoms with Crippen LogP contribution in [0.25, 0.3) is 11.1 Å². The van der Waals surface area contributed by atoms with Crippen molar-refractivity contribution in [2.75, 3.05) is 13.2 Å². The number of hydrogen-bond acceptors (Lipinski definition) is 4. The number of ether oxygens (including phenoxy) is 1. The lowest BCUT2D eigenvalue weighted by Crippen LogP contribution is -2.47. The Balaban J connectivity index is 1.50. The molecule has 6 heteroatoms. The van der Waals surface area contributed by atoms with E-state index in [4.69, 9.17) is 10.5 Å². The van der Waals surface area contributed by atoms with E-state index < -0.39 is 6.04 Å². The SMILES string of the molecule is CC(C)[C@H](N)C(=O)NCC(=O)NCc1ccc(-c2ccc3c(c2)CCCO3)cc1. The van der Waals surface area contributed by atoms with Crippen molar-refractivity contribution < 1.29 is 14.3 Å². The van der Waals surface area contributed by atoms with E-state index in [-0.39, 0.29) is 24.3 Å². The van der Waals surface area contributed by atoms with Gasteiger partial charge in [0, 0.05) is 6.54 Å². The monoisotopic (exact) mass is 395 g/mol. The molecule has 6 nitrogen and oxygen atoms in total. The first kappa shape index (κ1) is 20.9. The molecule has 0 spiro atoms. The van der Waals surface area contributed by atoms with Crippen LogP contribution in [0.1, 0.15) is 31.4 Å². The Morgan fingerprint density at radius 1 is 1.07 bits per heavy atom. The highest BCUT2D eigenvalue weighted by Crippen LogP contribution is 2.30. The topological polar surface area (TPSA) is 93.5 Å². The number of carbonyl (C=O) groups is 2. The molecule has 1 atom stereocenters. The molecule has 0 saturated heterocycles. The van der Waals surface area contributed by atoms with Gasteiger partial charge in [0.05, 0.1) is 19.2 Å². The zero-order valence-corrected chi connectivity index (χ0v) is 17.0. The molecule has 0 bridgehead atoms. The summed E-state index contributed by atoms with van der Waals surface area (Å²) in [6, 6.07) is 13.8. The first-order chi connectivity index (χ1) is 13.9. The highest BCUT2D eigenvalue weighted by molar-refractivity contribution is 5.87. The van der Waals surface area contributed by atoms with Gasteiger partial charge in [-0.05, 0) is 53.1 Å². The zero-order chi connectivity index (χ0) is 20.8. The van der Waals surface area contributed by atoms with Crippen LogP contribution < -0.4 is 21.1 Å². The summed E-state index contributed by atoms with van der Waals surface area (Å²) in [5.41, 5.74) is 10.3. The zero-order valence-electron chi connectivity index (χ0n) is 17.0. The minimum atomic E-state index is -0.606. The van der Waals surface area contributed by atoms with Gasteiger partial charge in [0.2, 0.25) is 11.8 Å². The third-order valence-corrected chi connectivity index (χ3v) is 5.13. The Labute approximate surface area is 171 Å². The second-order valence-corrected chi connectivity index (χ2v) is 7.74. The highest BCUT2D eigenvalue weighted by Gasteiger charge is 2.17. The van der Waals surface area contributed by atoms with E-state index in [9.17, 15) is 9.59 Å². The van der Waals surface area contributed by atoms with Crippen LogP contribution in [0.2, 0.25) is 0 Å². The second-order valence-electron chi connectivity index (χ2n) is 7.74. The predicted octanol–water partition coefficient (Wildman–Crippen LogP) is 2.39. The Bertz CT molecular complexity index is 862. The normalized spacial score (nSPS) is 13.9. The molecule has 29 heavy (non-hydrogen) atoms. The van der Waals surface area contributed by atoms with Gasteiger partial charge in [-0.1, -0.05) is 44.2 Å². The fourth-order valence-corrected chi connectivity index (χ4v) is 3.21. The number of fused-ring (bicyclic) bond motifs is 1. The molecule has 1 heterocycles. The molecule has 1 aliphatic rings. The van der Waals surface area contributed by atoms with Gasteiger partial charge in [0.1, 0.15) is 5.75 Å². The lowest BCUT2D eigenvalue weighted by Gasteiger charge is -2.18. The fourth-order valence-electron chi connectivity index (χ4n) is 3.21. The van der Waals surface area contributed by atoms with Crippen LogP contribution in [0.5, 0.6) is 5.75 Å². The van der Waals surface area contributed by atoms with Gasteiger partial charge < -0.3 is 21.1 Å². The van der Waals surface area contributed by atoms with Crippen LogP contribution in [0.15, 0.2) is 42.5 Å². The maximum atomic E-state index is 12.0. The quantitative estimate of drug-likeness (QED) is 0.671. The summed E-state index contributed by atoms with van der Waals surface area (Å²) < 4.78 is 5.67. The van der Waals surface area contributed by atoms with E-state index in [1.807, 2.05) is 32.0 Å². The van der Waals surface area contributed by atoms with E-state index in [1.165, 1.54) is 5.56 Å². The van der Waals surface area contributed by atoms with E-state index in [0.29, 0.717) is 6.54 Å². The van der Waals surface area contributed by atoms with Crippen molar-refractivity contribution in [3.8, 4) is 16.9 Å². The number of hydrogen-bond donors (Lipinski definition) is 3. The molecule has 154 valence electrons. The largest absolute Gasteiger partial charge is 0.493 e. The predicted molar refractivity (Wildman–Crippen MR) is 113 cm³/mol. The number of carbonyl (C=O) groups excluding carboxylic acids is 2. The van der Waals surface area contributed by atoms with Gasteiger partial charge in [-0.15, -0.1) is 0 Å². The molecule has 2 aromatic rings. The van der Waals surface area contributed by atoms with E-state index in [0.717, 1.165) is 41.9 Å². The Morgan fingerprint density at radius 3 is 2.52 bits per heavy atom. The third kappa shape index (κ3) is 5.57. The van der Waals surface area contributed by atoms with Crippen molar-refractivity contribution in [3.63, 3.8) is 0 Å². The maximum absolute atomic E-state index is 12.0. The number of rotatable bonds is 7. The Kier molecular flexibility index (Phi) is 6.88. The van der Waals surface area contributed by atoms with E-state index in [1.54, 1.807) is 0 Å². The van der Waals surface area contributed by atoms with Crippen LogP contribution in [-0.4, -0.2) is 31.0 Å². The summed E-state index contributed by atoms with van der Waals surface area (Å²) in [7, 11) is 0. The second kappa shape index (κ2) is 9.56. The van der Waals surface area contributed by atoms with Crippen molar-refractivity contribution in [2.24, 2.45) is 11.7 Å². The van der Waals surface area contributed by atoms with Crippen molar-refractivity contribution in [2.45, 2.75) is 39.3 Å². The first-order valence-electron chi connectivity index (χ1n) is 10.1. The van der Waals surface area contributed by atoms with Gasteiger partial charge >= 0.3 is 0 Å². The van der Waals surface area contributed by atoms with Gasteiger partial charge in [0.15, 0.2) is 0 Å². The lowest BCUT2D eigenvalue weighted by atomic mass is 9.98. The Hall–Kier alpha value is -2.86. The van der Waals surface area contributed by atoms with Crippen molar-refractivity contribution in [1.82, 2.24) is 10.6 Å². The molecule has 0 saturated carbocycles. The molecular weight excluding hydrogens is 366 g/mol. The molecule has 1 aliphatic heterocycles. The number of nitrogens with two attached hydrogens (primary N) is 1. The molecule has 0 radical (unpaired) electrons. The van der Waals surface area contributed by atoms with Gasteiger partial charge in [-0.25, -0.2) is 0 Å². The standard InChI is InChI=1S/C23H29N3O3/c1-15(2)22(24)23(28)26-14-21(27)25-13-16-5-7-17(8-6-16)18-9-10-20-19(12-18)4-3-11-29-20/h5-10,12,15,22H,3-4,11,13-14,24H2,1-2H3,(H,25,27)(H,26,28)/t22-/m0/s1. The molecule has 4 N–H and O–H groups in total. The Morgan fingerprint density at radius 2 is 1.79 bits per heavy atom. The fraction of sp³-hybridized carbons (Fsp3) is 0.391. The smallest absolute Gasteiger partial charge is 0.239 e. The first-order valence-corrected chi connectivity index (χ1v) is 10.1. The minimum absolute atomic E-state index is 0.0271. The van der Waals surface area contributed by atoms with E-state index >= 15 is 0 Å². The van der Waals surface area contributed by atoms with Gasteiger partial charge in [0.25, 0.3) is 0 Å². The molecule has 0 aromatic heterocycles. The summed E-state index contributed by atoms with van der Waals surface area (Å²) in [6.07, 6.45) is 2.10. The summed E-state index contributed by atoms with van der Waals surface area (Å²) in [5, 5.41) is 5.38. The molecule has 2 amide bonds. The molecule has 0 aliphatic carbocycles. The number of benzene rings is 2.